The van der Waals surface area contributed by atoms with Gasteiger partial charge in [0.1, 0.15) is 0 Å². The molecule has 30 heavy (non-hydrogen) atoms. The first-order valence-corrected chi connectivity index (χ1v) is 10.3. The summed E-state index contributed by atoms with van der Waals surface area (Å²) < 4.78 is 26.6. The molecule has 0 aliphatic carbocycles. The van der Waals surface area contributed by atoms with Gasteiger partial charge in [0.25, 0.3) is 21.6 Å². The van der Waals surface area contributed by atoms with E-state index < -0.39 is 20.9 Å². The number of hydrogen-bond acceptors (Lipinski definition) is 5. The van der Waals surface area contributed by atoms with Gasteiger partial charge in [-0.15, -0.1) is 0 Å². The van der Waals surface area contributed by atoms with E-state index in [0.717, 1.165) is 4.31 Å². The second-order valence-electron chi connectivity index (χ2n) is 6.54. The Morgan fingerprint density at radius 1 is 1.00 bits per heavy atom. The summed E-state index contributed by atoms with van der Waals surface area (Å²) >= 11 is 0. The zero-order valence-corrected chi connectivity index (χ0v) is 17.1. The third kappa shape index (κ3) is 4.31. The van der Waals surface area contributed by atoms with E-state index in [4.69, 9.17) is 0 Å². The highest BCUT2D eigenvalue weighted by Gasteiger charge is 2.21. The lowest BCUT2D eigenvalue weighted by Crippen LogP contribution is -2.26. The molecule has 3 aromatic carbocycles. The van der Waals surface area contributed by atoms with Crippen LogP contribution in [0.1, 0.15) is 15.9 Å². The Morgan fingerprint density at radius 3 is 2.23 bits per heavy atom. The topological polar surface area (TPSA) is 110 Å². The maximum atomic E-state index is 12.7. The van der Waals surface area contributed by atoms with Crippen molar-refractivity contribution in [2.75, 3.05) is 16.7 Å². The molecule has 0 bridgehead atoms. The summed E-state index contributed by atoms with van der Waals surface area (Å²) in [5, 5.41) is 13.6. The van der Waals surface area contributed by atoms with E-state index in [2.05, 4.69) is 5.32 Å². The number of nitro benzene ring substituents is 1. The van der Waals surface area contributed by atoms with Gasteiger partial charge in [-0.3, -0.25) is 19.2 Å². The fraction of sp³-hybridized carbons (Fsp3) is 0.0952. The summed E-state index contributed by atoms with van der Waals surface area (Å²) in [6, 6.07) is 18.3. The van der Waals surface area contributed by atoms with Crippen LogP contribution in [0, 0.1) is 17.0 Å². The Balaban J connectivity index is 1.80. The van der Waals surface area contributed by atoms with Crippen molar-refractivity contribution in [1.29, 1.82) is 0 Å². The summed E-state index contributed by atoms with van der Waals surface area (Å²) in [5.41, 5.74) is 1.57. The van der Waals surface area contributed by atoms with Crippen LogP contribution in [0.15, 0.2) is 77.7 Å². The molecule has 3 aromatic rings. The van der Waals surface area contributed by atoms with Crippen molar-refractivity contribution in [3.8, 4) is 0 Å². The second-order valence-corrected chi connectivity index (χ2v) is 8.51. The summed E-state index contributed by atoms with van der Waals surface area (Å²) in [6.45, 7) is 1.73. The molecule has 8 nitrogen and oxygen atoms in total. The number of carbonyl (C=O) groups is 1. The van der Waals surface area contributed by atoms with Gasteiger partial charge in [0.2, 0.25) is 0 Å². The number of anilines is 2. The van der Waals surface area contributed by atoms with Gasteiger partial charge >= 0.3 is 0 Å². The van der Waals surface area contributed by atoms with Crippen molar-refractivity contribution in [2.24, 2.45) is 0 Å². The van der Waals surface area contributed by atoms with Gasteiger partial charge in [0.15, 0.2) is 0 Å². The lowest BCUT2D eigenvalue weighted by atomic mass is 10.1. The number of nitro groups is 1. The van der Waals surface area contributed by atoms with Gasteiger partial charge in [-0.25, -0.2) is 8.42 Å². The number of nitrogens with zero attached hydrogens (tertiary/aromatic N) is 2. The van der Waals surface area contributed by atoms with E-state index >= 15 is 0 Å². The van der Waals surface area contributed by atoms with E-state index in [0.29, 0.717) is 16.9 Å². The van der Waals surface area contributed by atoms with Crippen LogP contribution in [0.4, 0.5) is 17.1 Å². The number of sulfonamides is 1. The van der Waals surface area contributed by atoms with Crippen LogP contribution in [0.5, 0.6) is 0 Å². The van der Waals surface area contributed by atoms with Crippen molar-refractivity contribution >= 4 is 33.0 Å². The normalized spacial score (nSPS) is 11.0. The molecule has 0 fully saturated rings. The van der Waals surface area contributed by atoms with Gasteiger partial charge in [-0.2, -0.15) is 0 Å². The van der Waals surface area contributed by atoms with Gasteiger partial charge in [-0.1, -0.05) is 24.3 Å². The number of rotatable bonds is 6. The SMILES string of the molecule is Cc1ccc([N+](=O)[O-])cc1NC(=O)c1ccc(N(C)S(=O)(=O)c2ccccc2)cc1. The summed E-state index contributed by atoms with van der Waals surface area (Å²) in [7, 11) is -2.29. The average Bonchev–Trinajstić information content (AvgIpc) is 2.75. The smallest absolute Gasteiger partial charge is 0.271 e. The monoisotopic (exact) mass is 425 g/mol. The number of hydrogen-bond donors (Lipinski definition) is 1. The molecule has 0 spiro atoms. The Bertz CT molecular complexity index is 1190. The van der Waals surface area contributed by atoms with Gasteiger partial charge < -0.3 is 5.32 Å². The van der Waals surface area contributed by atoms with Gasteiger partial charge in [-0.05, 0) is 48.9 Å². The average molecular weight is 425 g/mol. The first-order valence-electron chi connectivity index (χ1n) is 8.90. The van der Waals surface area contributed by atoms with E-state index in [1.54, 1.807) is 31.2 Å². The number of aryl methyl sites for hydroxylation is 1. The minimum atomic E-state index is -3.72. The summed E-state index contributed by atoms with van der Waals surface area (Å²) in [4.78, 5) is 23.1. The quantitative estimate of drug-likeness (QED) is 0.474. The zero-order valence-electron chi connectivity index (χ0n) is 16.3. The van der Waals surface area contributed by atoms with Crippen LogP contribution < -0.4 is 9.62 Å². The molecule has 0 unspecified atom stereocenters. The fourth-order valence-electron chi connectivity index (χ4n) is 2.76. The lowest BCUT2D eigenvalue weighted by molar-refractivity contribution is -0.384. The predicted octanol–water partition coefficient (Wildman–Crippen LogP) is 3.98. The van der Waals surface area contributed by atoms with E-state index in [1.807, 2.05) is 0 Å². The molecule has 1 N–H and O–H groups in total. The molecule has 0 aromatic heterocycles. The molecule has 1 amide bonds. The maximum absolute atomic E-state index is 12.7. The minimum Gasteiger partial charge on any atom is -0.321 e. The Kier molecular flexibility index (Phi) is 5.84. The molecular formula is C21H19N3O5S. The highest BCUT2D eigenvalue weighted by Crippen LogP contribution is 2.24. The Labute approximate surface area is 174 Å². The highest BCUT2D eigenvalue weighted by molar-refractivity contribution is 7.92. The molecule has 0 atom stereocenters. The van der Waals surface area contributed by atoms with E-state index in [9.17, 15) is 23.3 Å². The second kappa shape index (κ2) is 8.34. The predicted molar refractivity (Wildman–Crippen MR) is 114 cm³/mol. The molecule has 0 radical (unpaired) electrons. The third-order valence-corrected chi connectivity index (χ3v) is 6.37. The number of carbonyl (C=O) groups excluding carboxylic acids is 1. The van der Waals surface area contributed by atoms with Crippen molar-refractivity contribution < 1.29 is 18.1 Å². The van der Waals surface area contributed by atoms with Crippen molar-refractivity contribution in [3.63, 3.8) is 0 Å². The number of benzene rings is 3. The van der Waals surface area contributed by atoms with Crippen molar-refractivity contribution in [1.82, 2.24) is 0 Å². The molecule has 0 saturated carbocycles. The van der Waals surface area contributed by atoms with Crippen LogP contribution in [-0.4, -0.2) is 26.3 Å². The van der Waals surface area contributed by atoms with Crippen LogP contribution >= 0.6 is 0 Å². The van der Waals surface area contributed by atoms with E-state index in [1.165, 1.54) is 55.6 Å². The molecule has 154 valence electrons. The van der Waals surface area contributed by atoms with Crippen LogP contribution in [0.3, 0.4) is 0 Å². The Morgan fingerprint density at radius 2 is 1.63 bits per heavy atom. The molecule has 0 heterocycles. The highest BCUT2D eigenvalue weighted by atomic mass is 32.2. The number of amides is 1. The molecular weight excluding hydrogens is 406 g/mol. The van der Waals surface area contributed by atoms with E-state index in [-0.39, 0.29) is 16.1 Å². The number of non-ortho nitro benzene ring substituents is 1. The van der Waals surface area contributed by atoms with Crippen LogP contribution in [-0.2, 0) is 10.0 Å². The van der Waals surface area contributed by atoms with Gasteiger partial charge in [0, 0.05) is 24.7 Å². The first-order chi connectivity index (χ1) is 14.2. The van der Waals surface area contributed by atoms with Crippen molar-refractivity contribution in [3.05, 3.63) is 94.0 Å². The molecule has 3 rings (SSSR count). The maximum Gasteiger partial charge on any atom is 0.271 e. The third-order valence-electron chi connectivity index (χ3n) is 4.57. The summed E-state index contributed by atoms with van der Waals surface area (Å²) in [6.07, 6.45) is 0. The van der Waals surface area contributed by atoms with Crippen LogP contribution in [0.25, 0.3) is 0 Å². The molecule has 0 aliphatic heterocycles. The molecule has 0 saturated heterocycles. The Hall–Kier alpha value is -3.72. The molecule has 0 aliphatic rings. The fourth-order valence-corrected chi connectivity index (χ4v) is 3.98. The molecule has 9 heteroatoms. The standard InChI is InChI=1S/C21H19N3O5S/c1-15-8-11-18(24(26)27)14-20(15)22-21(25)16-9-12-17(13-10-16)23(2)30(28,29)19-6-4-3-5-7-19/h3-14H,1-2H3,(H,22,25). The lowest BCUT2D eigenvalue weighted by Gasteiger charge is -2.19. The van der Waals surface area contributed by atoms with Gasteiger partial charge in [0.05, 0.1) is 21.2 Å². The number of nitrogens with one attached hydrogen (secondary N) is 1. The van der Waals surface area contributed by atoms with Crippen molar-refractivity contribution in [2.45, 2.75) is 11.8 Å². The summed E-state index contributed by atoms with van der Waals surface area (Å²) in [5.74, 6) is -0.460. The zero-order chi connectivity index (χ0) is 21.9. The largest absolute Gasteiger partial charge is 0.321 e. The minimum absolute atomic E-state index is 0.126. The van der Waals surface area contributed by atoms with Crippen LogP contribution in [0.2, 0.25) is 0 Å². The first kappa shape index (κ1) is 21.0.